The Balaban J connectivity index is 1.61. The number of fused-ring (bicyclic) bond motifs is 1. The summed E-state index contributed by atoms with van der Waals surface area (Å²) in [6.07, 6.45) is 1.39. The topological polar surface area (TPSA) is 92.7 Å². The summed E-state index contributed by atoms with van der Waals surface area (Å²) in [4.78, 5) is 4.98. The predicted octanol–water partition coefficient (Wildman–Crippen LogP) is 3.98. The van der Waals surface area contributed by atoms with Crippen LogP contribution in [0.2, 0.25) is 0 Å². The predicted molar refractivity (Wildman–Crippen MR) is 118 cm³/mol. The monoisotopic (exact) mass is 423 g/mol. The van der Waals surface area contributed by atoms with Crippen molar-refractivity contribution < 1.29 is 8.42 Å². The van der Waals surface area contributed by atoms with Crippen LogP contribution in [0.5, 0.6) is 0 Å². The molecule has 2 N–H and O–H groups in total. The number of hydrogen-bond acceptors (Lipinski definition) is 4. The van der Waals surface area contributed by atoms with Crippen molar-refractivity contribution in [3.05, 3.63) is 71.3 Å². The zero-order valence-electron chi connectivity index (χ0n) is 17.3. The Morgan fingerprint density at radius 1 is 1.03 bits per heavy atom. The van der Waals surface area contributed by atoms with E-state index in [1.165, 1.54) is 0 Å². The summed E-state index contributed by atoms with van der Waals surface area (Å²) >= 11 is 0. The Morgan fingerprint density at radius 2 is 1.77 bits per heavy atom. The van der Waals surface area contributed by atoms with E-state index in [0.717, 1.165) is 29.0 Å². The zero-order chi connectivity index (χ0) is 21.3. The molecule has 0 radical (unpaired) electrons. The minimum Gasteiger partial charge on any atom is -0.328 e. The number of nitrogens with zero attached hydrogens (tertiary/aromatic N) is 3. The molecule has 2 heterocycles. The molecule has 156 valence electrons. The molecule has 0 saturated carbocycles. The van der Waals surface area contributed by atoms with Crippen molar-refractivity contribution in [1.29, 1.82) is 0 Å². The highest BCUT2D eigenvalue weighted by Gasteiger charge is 2.23. The van der Waals surface area contributed by atoms with Crippen LogP contribution in [-0.4, -0.2) is 28.2 Å². The SMILES string of the molecule is CCn1c(CCc2ccccc2NS(=O)(=O)c2c(C)n[nH]c2C)nc2ccccc21. The maximum Gasteiger partial charge on any atom is 0.265 e. The van der Waals surface area contributed by atoms with Gasteiger partial charge in [0, 0.05) is 13.0 Å². The van der Waals surface area contributed by atoms with Crippen molar-refractivity contribution in [2.24, 2.45) is 0 Å². The number of rotatable bonds is 7. The Morgan fingerprint density at radius 3 is 2.50 bits per heavy atom. The van der Waals surface area contributed by atoms with Gasteiger partial charge >= 0.3 is 0 Å². The van der Waals surface area contributed by atoms with Gasteiger partial charge in [-0.3, -0.25) is 9.82 Å². The van der Waals surface area contributed by atoms with Crippen LogP contribution in [0.4, 0.5) is 5.69 Å². The molecule has 0 bridgehead atoms. The molecule has 0 aliphatic rings. The van der Waals surface area contributed by atoms with Crippen LogP contribution < -0.4 is 4.72 Å². The van der Waals surface area contributed by atoms with Crippen LogP contribution in [0.25, 0.3) is 11.0 Å². The zero-order valence-corrected chi connectivity index (χ0v) is 18.1. The summed E-state index contributed by atoms with van der Waals surface area (Å²) in [6, 6.07) is 15.6. The minimum absolute atomic E-state index is 0.199. The highest BCUT2D eigenvalue weighted by molar-refractivity contribution is 7.92. The number of hydrogen-bond donors (Lipinski definition) is 2. The molecule has 0 saturated heterocycles. The van der Waals surface area contributed by atoms with Crippen molar-refractivity contribution in [1.82, 2.24) is 19.7 Å². The summed E-state index contributed by atoms with van der Waals surface area (Å²) in [5.74, 6) is 0.998. The third-order valence-electron chi connectivity index (χ3n) is 5.26. The van der Waals surface area contributed by atoms with Crippen molar-refractivity contribution in [2.45, 2.75) is 45.1 Å². The normalized spacial score (nSPS) is 11.8. The van der Waals surface area contributed by atoms with Crippen LogP contribution in [-0.2, 0) is 29.4 Å². The first-order valence-electron chi connectivity index (χ1n) is 9.97. The average molecular weight is 424 g/mol. The first kappa shape index (κ1) is 20.2. The molecule has 0 fully saturated rings. The fraction of sp³-hybridized carbons (Fsp3) is 0.273. The molecule has 7 nitrogen and oxygen atoms in total. The highest BCUT2D eigenvalue weighted by Crippen LogP contribution is 2.25. The van der Waals surface area contributed by atoms with Gasteiger partial charge in [0.15, 0.2) is 0 Å². The van der Waals surface area contributed by atoms with E-state index in [2.05, 4.69) is 32.5 Å². The van der Waals surface area contributed by atoms with Gasteiger partial charge in [-0.05, 0) is 51.0 Å². The van der Waals surface area contributed by atoms with Crippen molar-refractivity contribution in [3.8, 4) is 0 Å². The minimum atomic E-state index is -3.73. The number of benzene rings is 2. The molecular formula is C22H25N5O2S. The molecule has 0 unspecified atom stereocenters. The van der Waals surface area contributed by atoms with Gasteiger partial charge in [-0.2, -0.15) is 5.10 Å². The fourth-order valence-electron chi connectivity index (χ4n) is 3.89. The van der Waals surface area contributed by atoms with Crippen LogP contribution in [0, 0.1) is 13.8 Å². The lowest BCUT2D eigenvalue weighted by atomic mass is 10.1. The van der Waals surface area contributed by atoms with Gasteiger partial charge in [0.05, 0.1) is 28.1 Å². The second-order valence-corrected chi connectivity index (χ2v) is 8.91. The first-order valence-corrected chi connectivity index (χ1v) is 11.5. The Labute approximate surface area is 176 Å². The maximum absolute atomic E-state index is 13.0. The molecule has 4 aromatic rings. The standard InChI is InChI=1S/C22H25N5O2S/c1-4-27-20-12-8-7-11-19(20)23-21(27)14-13-17-9-5-6-10-18(17)26-30(28,29)22-15(2)24-25-16(22)3/h5-12,26H,4,13-14H2,1-3H3,(H,24,25). The number of aryl methyl sites for hydroxylation is 5. The molecule has 30 heavy (non-hydrogen) atoms. The summed E-state index contributed by atoms with van der Waals surface area (Å²) in [6.45, 7) is 6.33. The summed E-state index contributed by atoms with van der Waals surface area (Å²) < 4.78 is 30.9. The van der Waals surface area contributed by atoms with Gasteiger partial charge in [-0.25, -0.2) is 13.4 Å². The van der Waals surface area contributed by atoms with E-state index in [-0.39, 0.29) is 4.90 Å². The first-order chi connectivity index (χ1) is 14.4. The van der Waals surface area contributed by atoms with Crippen LogP contribution in [0.15, 0.2) is 53.4 Å². The van der Waals surface area contributed by atoms with Crippen molar-refractivity contribution in [3.63, 3.8) is 0 Å². The largest absolute Gasteiger partial charge is 0.328 e. The summed E-state index contributed by atoms with van der Waals surface area (Å²) in [5.41, 5.74) is 4.58. The fourth-order valence-corrected chi connectivity index (χ4v) is 5.36. The molecule has 2 aromatic carbocycles. The number of H-pyrrole nitrogens is 1. The van der Waals surface area contributed by atoms with Gasteiger partial charge in [-0.15, -0.1) is 0 Å². The van der Waals surface area contributed by atoms with E-state index in [1.807, 2.05) is 36.4 Å². The number of aromatic nitrogens is 4. The molecule has 0 aliphatic heterocycles. The maximum atomic E-state index is 13.0. The van der Waals surface area contributed by atoms with E-state index in [0.29, 0.717) is 29.9 Å². The molecule has 8 heteroatoms. The summed E-state index contributed by atoms with van der Waals surface area (Å²) in [5, 5.41) is 6.74. The quantitative estimate of drug-likeness (QED) is 0.470. The molecule has 4 rings (SSSR count). The van der Waals surface area contributed by atoms with Crippen molar-refractivity contribution >= 4 is 26.7 Å². The third-order valence-corrected chi connectivity index (χ3v) is 6.89. The molecule has 2 aromatic heterocycles. The van der Waals surface area contributed by atoms with Crippen molar-refractivity contribution in [2.75, 3.05) is 4.72 Å². The van der Waals surface area contributed by atoms with E-state index in [1.54, 1.807) is 19.9 Å². The Hall–Kier alpha value is -3.13. The third kappa shape index (κ3) is 3.70. The molecule has 0 atom stereocenters. The van der Waals surface area contributed by atoms with E-state index < -0.39 is 10.0 Å². The number of imidazole rings is 1. The number of anilines is 1. The van der Waals surface area contributed by atoms with E-state index in [4.69, 9.17) is 4.98 Å². The average Bonchev–Trinajstić information content (AvgIpc) is 3.26. The number of aromatic amines is 1. The smallest absolute Gasteiger partial charge is 0.265 e. The van der Waals surface area contributed by atoms with Gasteiger partial charge in [0.25, 0.3) is 10.0 Å². The highest BCUT2D eigenvalue weighted by atomic mass is 32.2. The molecule has 0 spiro atoms. The summed E-state index contributed by atoms with van der Waals surface area (Å²) in [7, 11) is -3.73. The Kier molecular flexibility index (Phi) is 5.34. The molecule has 0 aliphatic carbocycles. The lowest BCUT2D eigenvalue weighted by Gasteiger charge is -2.13. The number of nitrogens with one attached hydrogen (secondary N) is 2. The second-order valence-electron chi connectivity index (χ2n) is 7.29. The van der Waals surface area contributed by atoms with Gasteiger partial charge in [-0.1, -0.05) is 30.3 Å². The van der Waals surface area contributed by atoms with Gasteiger partial charge in [0.1, 0.15) is 10.7 Å². The van der Waals surface area contributed by atoms with E-state index in [9.17, 15) is 8.42 Å². The van der Waals surface area contributed by atoms with Gasteiger partial charge in [0.2, 0.25) is 0 Å². The second kappa shape index (κ2) is 7.95. The van der Waals surface area contributed by atoms with Crippen LogP contribution in [0.3, 0.4) is 0 Å². The number of para-hydroxylation sites is 3. The lowest BCUT2D eigenvalue weighted by Crippen LogP contribution is -2.16. The van der Waals surface area contributed by atoms with E-state index >= 15 is 0 Å². The lowest BCUT2D eigenvalue weighted by molar-refractivity contribution is 0.600. The molecular weight excluding hydrogens is 398 g/mol. The number of sulfonamides is 1. The molecule has 0 amide bonds. The Bertz CT molecular complexity index is 1280. The van der Waals surface area contributed by atoms with Crippen LogP contribution >= 0.6 is 0 Å². The van der Waals surface area contributed by atoms with Gasteiger partial charge < -0.3 is 4.57 Å². The van der Waals surface area contributed by atoms with Crippen LogP contribution in [0.1, 0.15) is 29.7 Å².